The first-order chi connectivity index (χ1) is 12.2. The third kappa shape index (κ3) is 5.30. The first-order valence-corrected chi connectivity index (χ1v) is 8.67. The lowest BCUT2D eigenvalue weighted by Gasteiger charge is -2.16. The molecular weight excluding hydrogens is 352 g/mol. The second kappa shape index (κ2) is 8.32. The first-order valence-electron chi connectivity index (χ1n) is 8.29. The van der Waals surface area contributed by atoms with Crippen LogP contribution in [0.3, 0.4) is 0 Å². The number of aromatic nitrogens is 1. The largest absolute Gasteiger partial charge is 0.496 e. The van der Waals surface area contributed by atoms with Crippen molar-refractivity contribution in [3.63, 3.8) is 0 Å². The molecule has 0 aliphatic carbocycles. The number of amides is 1. The Kier molecular flexibility index (Phi) is 6.37. The fourth-order valence-electron chi connectivity index (χ4n) is 2.31. The summed E-state index contributed by atoms with van der Waals surface area (Å²) in [5, 5.41) is 3.37. The lowest BCUT2D eigenvalue weighted by Crippen LogP contribution is -2.25. The molecule has 1 amide bonds. The molecule has 0 atom stereocenters. The van der Waals surface area contributed by atoms with Gasteiger partial charge in [-0.3, -0.25) is 14.6 Å². The van der Waals surface area contributed by atoms with E-state index in [-0.39, 0.29) is 30.3 Å². The average molecular weight is 375 g/mol. The molecule has 1 N–H and O–H groups in total. The molecule has 6 heteroatoms. The van der Waals surface area contributed by atoms with E-state index in [2.05, 4.69) is 10.3 Å². The summed E-state index contributed by atoms with van der Waals surface area (Å²) in [5.41, 5.74) is 1.39. The lowest BCUT2D eigenvalue weighted by molar-refractivity contribution is -0.125. The van der Waals surface area contributed by atoms with E-state index in [1.807, 2.05) is 20.8 Å². The maximum atomic E-state index is 12.4. The number of nitrogens with one attached hydrogen (secondary N) is 1. The Hall–Kier alpha value is -2.40. The van der Waals surface area contributed by atoms with E-state index in [0.29, 0.717) is 10.8 Å². The number of carbonyl (C=O) groups is 2. The number of ether oxygens (including phenoxy) is 1. The molecule has 1 aromatic carbocycles. The smallest absolute Gasteiger partial charge is 0.270 e. The van der Waals surface area contributed by atoms with E-state index >= 15 is 0 Å². The summed E-state index contributed by atoms with van der Waals surface area (Å²) in [6.45, 7) is 5.89. The number of ketones is 1. The van der Waals surface area contributed by atoms with Gasteiger partial charge < -0.3 is 10.1 Å². The number of nitrogens with zero attached hydrogens (tertiary/aromatic N) is 1. The predicted molar refractivity (Wildman–Crippen MR) is 102 cm³/mol. The maximum absolute atomic E-state index is 12.4. The fourth-order valence-corrected chi connectivity index (χ4v) is 2.51. The van der Waals surface area contributed by atoms with E-state index in [9.17, 15) is 9.59 Å². The molecule has 0 saturated heterocycles. The summed E-state index contributed by atoms with van der Waals surface area (Å²) in [6, 6.07) is 8.62. The van der Waals surface area contributed by atoms with Crippen molar-refractivity contribution in [2.75, 3.05) is 7.11 Å². The SMILES string of the molecule is COc1ccc(Cl)cc1CNC(=O)c1cc(CC(=O)C(C)(C)C)ccn1. The van der Waals surface area contributed by atoms with Crippen LogP contribution in [-0.2, 0) is 17.8 Å². The van der Waals surface area contributed by atoms with Crippen LogP contribution in [0.5, 0.6) is 5.75 Å². The lowest BCUT2D eigenvalue weighted by atomic mass is 9.87. The van der Waals surface area contributed by atoms with Crippen LogP contribution >= 0.6 is 11.6 Å². The van der Waals surface area contributed by atoms with Crippen LogP contribution < -0.4 is 10.1 Å². The van der Waals surface area contributed by atoms with Crippen LogP contribution in [0.25, 0.3) is 0 Å². The number of rotatable bonds is 6. The third-order valence-electron chi connectivity index (χ3n) is 3.94. The van der Waals surface area contributed by atoms with E-state index in [0.717, 1.165) is 11.1 Å². The Morgan fingerprint density at radius 3 is 2.58 bits per heavy atom. The Morgan fingerprint density at radius 2 is 1.92 bits per heavy atom. The Morgan fingerprint density at radius 1 is 1.19 bits per heavy atom. The summed E-state index contributed by atoms with van der Waals surface area (Å²) in [7, 11) is 1.56. The molecular formula is C20H23ClN2O3. The van der Waals surface area contributed by atoms with Gasteiger partial charge in [-0.15, -0.1) is 0 Å². The average Bonchev–Trinajstić information content (AvgIpc) is 2.59. The molecule has 0 radical (unpaired) electrons. The normalized spacial score (nSPS) is 11.1. The molecule has 0 unspecified atom stereocenters. The molecule has 0 bridgehead atoms. The van der Waals surface area contributed by atoms with Crippen LogP contribution in [0.4, 0.5) is 0 Å². The fraction of sp³-hybridized carbons (Fsp3) is 0.350. The van der Waals surface area contributed by atoms with E-state index < -0.39 is 5.41 Å². The molecule has 5 nitrogen and oxygen atoms in total. The molecule has 138 valence electrons. The number of carbonyl (C=O) groups excluding carboxylic acids is 2. The highest BCUT2D eigenvalue weighted by molar-refractivity contribution is 6.30. The minimum atomic E-state index is -0.422. The third-order valence-corrected chi connectivity index (χ3v) is 4.18. The topological polar surface area (TPSA) is 68.3 Å². The van der Waals surface area contributed by atoms with Crippen molar-refractivity contribution in [2.45, 2.75) is 33.7 Å². The van der Waals surface area contributed by atoms with Gasteiger partial charge >= 0.3 is 0 Å². The van der Waals surface area contributed by atoms with Crippen molar-refractivity contribution in [3.05, 3.63) is 58.4 Å². The second-order valence-corrected chi connectivity index (χ2v) is 7.47. The quantitative estimate of drug-likeness (QED) is 0.834. The van der Waals surface area contributed by atoms with E-state index in [4.69, 9.17) is 16.3 Å². The van der Waals surface area contributed by atoms with E-state index in [1.165, 1.54) is 0 Å². The standard InChI is InChI=1S/C20H23ClN2O3/c1-20(2,3)18(24)10-13-7-8-22-16(9-13)19(25)23-12-14-11-15(21)5-6-17(14)26-4/h5-9,11H,10,12H2,1-4H3,(H,23,25). The van der Waals surface area contributed by atoms with Crippen LogP contribution in [0.1, 0.15) is 42.4 Å². The summed E-state index contributed by atoms with van der Waals surface area (Å²) in [5.74, 6) is 0.433. The van der Waals surface area contributed by atoms with Gasteiger partial charge in [0, 0.05) is 35.2 Å². The Bertz CT molecular complexity index is 813. The molecule has 1 aromatic heterocycles. The van der Waals surface area contributed by atoms with Crippen LogP contribution in [0, 0.1) is 5.41 Å². The van der Waals surface area contributed by atoms with Gasteiger partial charge in [-0.05, 0) is 35.9 Å². The highest BCUT2D eigenvalue weighted by Gasteiger charge is 2.21. The molecule has 2 aromatic rings. The number of Topliss-reactive ketones (excluding diaryl/α,β-unsaturated/α-hetero) is 1. The summed E-state index contributed by atoms with van der Waals surface area (Å²) < 4.78 is 5.27. The molecule has 2 rings (SSSR count). The molecule has 26 heavy (non-hydrogen) atoms. The van der Waals surface area contributed by atoms with Crippen molar-refractivity contribution in [2.24, 2.45) is 5.41 Å². The predicted octanol–water partition coefficient (Wildman–Crippen LogP) is 3.83. The highest BCUT2D eigenvalue weighted by Crippen LogP contribution is 2.22. The monoisotopic (exact) mass is 374 g/mol. The van der Waals surface area contributed by atoms with Gasteiger partial charge in [0.15, 0.2) is 0 Å². The molecule has 0 fully saturated rings. The zero-order valence-corrected chi connectivity index (χ0v) is 16.2. The van der Waals surface area contributed by atoms with Gasteiger partial charge in [0.25, 0.3) is 5.91 Å². The van der Waals surface area contributed by atoms with Crippen molar-refractivity contribution in [3.8, 4) is 5.75 Å². The molecule has 0 spiro atoms. The minimum Gasteiger partial charge on any atom is -0.496 e. The number of halogens is 1. The molecule has 0 saturated carbocycles. The Balaban J connectivity index is 2.08. The summed E-state index contributed by atoms with van der Waals surface area (Å²) in [4.78, 5) is 28.7. The van der Waals surface area contributed by atoms with Crippen molar-refractivity contribution in [1.29, 1.82) is 0 Å². The second-order valence-electron chi connectivity index (χ2n) is 7.04. The van der Waals surface area contributed by atoms with Crippen molar-refractivity contribution >= 4 is 23.3 Å². The maximum Gasteiger partial charge on any atom is 0.270 e. The van der Waals surface area contributed by atoms with E-state index in [1.54, 1.807) is 43.6 Å². The summed E-state index contributed by atoms with van der Waals surface area (Å²) in [6.07, 6.45) is 1.81. The molecule has 0 aliphatic rings. The van der Waals surface area contributed by atoms with Gasteiger partial charge in [0.05, 0.1) is 7.11 Å². The number of hydrogen-bond acceptors (Lipinski definition) is 4. The van der Waals surface area contributed by atoms with Crippen LogP contribution in [0.15, 0.2) is 36.5 Å². The van der Waals surface area contributed by atoms with Crippen molar-refractivity contribution < 1.29 is 14.3 Å². The van der Waals surface area contributed by atoms with Crippen molar-refractivity contribution in [1.82, 2.24) is 10.3 Å². The van der Waals surface area contributed by atoms with Crippen LogP contribution in [-0.4, -0.2) is 23.8 Å². The number of hydrogen-bond donors (Lipinski definition) is 1. The van der Waals surface area contributed by atoms with Gasteiger partial charge in [-0.2, -0.15) is 0 Å². The zero-order valence-electron chi connectivity index (χ0n) is 15.4. The minimum absolute atomic E-state index is 0.110. The van der Waals surface area contributed by atoms with Gasteiger partial charge in [0.2, 0.25) is 0 Å². The Labute approximate surface area is 158 Å². The summed E-state index contributed by atoms with van der Waals surface area (Å²) >= 11 is 6.00. The van der Waals surface area contributed by atoms with Gasteiger partial charge in [-0.1, -0.05) is 32.4 Å². The number of benzene rings is 1. The first kappa shape index (κ1) is 19.9. The highest BCUT2D eigenvalue weighted by atomic mass is 35.5. The number of methoxy groups -OCH3 is 1. The molecule has 0 aliphatic heterocycles. The van der Waals surface area contributed by atoms with Gasteiger partial charge in [0.1, 0.15) is 17.2 Å². The number of pyridine rings is 1. The van der Waals surface area contributed by atoms with Gasteiger partial charge in [-0.25, -0.2) is 0 Å². The zero-order chi connectivity index (χ0) is 19.3. The van der Waals surface area contributed by atoms with Crippen LogP contribution in [0.2, 0.25) is 5.02 Å². The molecule has 1 heterocycles.